The van der Waals surface area contributed by atoms with Crippen molar-refractivity contribution in [2.75, 3.05) is 12.8 Å². The van der Waals surface area contributed by atoms with Crippen LogP contribution in [0.5, 0.6) is 0 Å². The second-order valence-electron chi connectivity index (χ2n) is 6.80. The van der Waals surface area contributed by atoms with Crippen molar-refractivity contribution in [3.63, 3.8) is 0 Å². The van der Waals surface area contributed by atoms with Gasteiger partial charge in [-0.2, -0.15) is 11.8 Å². The number of thioether (sulfide) groups is 1. The van der Waals surface area contributed by atoms with Gasteiger partial charge in [0.1, 0.15) is 5.54 Å². The number of piperazine rings is 1. The first-order chi connectivity index (χ1) is 10.1. The van der Waals surface area contributed by atoms with E-state index in [9.17, 15) is 9.59 Å². The molecule has 1 spiro atoms. The third-order valence-corrected chi connectivity index (χ3v) is 6.54. The molecule has 1 N–H and O–H groups in total. The Bertz CT molecular complexity index is 421. The maximum Gasteiger partial charge on any atom is 0.249 e. The normalized spacial score (nSPS) is 33.1. The molecule has 1 heterocycles. The third-order valence-electron chi connectivity index (χ3n) is 5.44. The van der Waals surface area contributed by atoms with E-state index >= 15 is 0 Å². The number of carbonyl (C=O) groups is 2. The minimum Gasteiger partial charge on any atom is -0.340 e. The Morgan fingerprint density at radius 2 is 1.90 bits per heavy atom. The van der Waals surface area contributed by atoms with E-state index in [1.807, 2.05) is 16.7 Å². The lowest BCUT2D eigenvalue weighted by atomic mass is 9.78. The van der Waals surface area contributed by atoms with Gasteiger partial charge >= 0.3 is 0 Å². The van der Waals surface area contributed by atoms with Crippen LogP contribution in [0.25, 0.3) is 0 Å². The van der Waals surface area contributed by atoms with Crippen LogP contribution in [0.2, 0.25) is 0 Å². The molecule has 2 aliphatic carbocycles. The number of rotatable bonds is 2. The molecule has 3 fully saturated rings. The van der Waals surface area contributed by atoms with Gasteiger partial charge in [-0.1, -0.05) is 25.7 Å². The topological polar surface area (TPSA) is 49.4 Å². The Hall–Kier alpha value is -0.710. The lowest BCUT2D eigenvalue weighted by molar-refractivity contribution is -0.154. The van der Waals surface area contributed by atoms with Crippen LogP contribution >= 0.6 is 11.8 Å². The molecule has 0 aromatic heterocycles. The highest BCUT2D eigenvalue weighted by atomic mass is 32.2. The third kappa shape index (κ3) is 2.94. The molecule has 0 bridgehead atoms. The van der Waals surface area contributed by atoms with E-state index in [1.54, 1.807) is 0 Å². The highest BCUT2D eigenvalue weighted by Crippen LogP contribution is 2.36. The maximum atomic E-state index is 13.0. The van der Waals surface area contributed by atoms with Gasteiger partial charge < -0.3 is 10.2 Å². The Labute approximate surface area is 131 Å². The Kier molecular flexibility index (Phi) is 4.48. The first-order valence-corrected chi connectivity index (χ1v) is 9.58. The lowest BCUT2D eigenvalue weighted by Gasteiger charge is -2.48. The molecule has 2 atom stereocenters. The Morgan fingerprint density at radius 1 is 1.14 bits per heavy atom. The van der Waals surface area contributed by atoms with Gasteiger partial charge in [0, 0.05) is 11.3 Å². The van der Waals surface area contributed by atoms with Gasteiger partial charge in [-0.25, -0.2) is 0 Å². The second kappa shape index (κ2) is 6.19. The minimum atomic E-state index is -0.570. The van der Waals surface area contributed by atoms with E-state index < -0.39 is 5.54 Å². The summed E-state index contributed by atoms with van der Waals surface area (Å²) in [5.41, 5.74) is -0.570. The molecular weight excluding hydrogens is 284 g/mol. The fourth-order valence-electron chi connectivity index (χ4n) is 4.27. The predicted octanol–water partition coefficient (Wildman–Crippen LogP) is 2.32. The SMILES string of the molecule is CSC1CCCC(N2CC(=O)NC3(CCCCC3)C2=O)C1. The van der Waals surface area contributed by atoms with E-state index in [0.717, 1.165) is 38.5 Å². The van der Waals surface area contributed by atoms with Crippen LogP contribution in [0.3, 0.4) is 0 Å². The van der Waals surface area contributed by atoms with Crippen LogP contribution in [-0.4, -0.2) is 46.3 Å². The van der Waals surface area contributed by atoms with Crippen molar-refractivity contribution in [3.8, 4) is 0 Å². The van der Waals surface area contributed by atoms with Gasteiger partial charge in [-0.05, 0) is 38.4 Å². The van der Waals surface area contributed by atoms with Gasteiger partial charge in [0.15, 0.2) is 0 Å². The zero-order chi connectivity index (χ0) is 14.9. The fourth-order valence-corrected chi connectivity index (χ4v) is 5.08. The molecule has 2 amide bonds. The summed E-state index contributed by atoms with van der Waals surface area (Å²) in [4.78, 5) is 27.1. The second-order valence-corrected chi connectivity index (χ2v) is 7.94. The highest BCUT2D eigenvalue weighted by molar-refractivity contribution is 7.99. The smallest absolute Gasteiger partial charge is 0.249 e. The molecule has 4 nitrogen and oxygen atoms in total. The molecule has 2 saturated carbocycles. The van der Waals surface area contributed by atoms with Crippen molar-refractivity contribution in [2.24, 2.45) is 0 Å². The summed E-state index contributed by atoms with van der Waals surface area (Å²) in [7, 11) is 0. The zero-order valence-corrected chi connectivity index (χ0v) is 13.7. The molecule has 0 aromatic carbocycles. The van der Waals surface area contributed by atoms with Gasteiger partial charge in [-0.3, -0.25) is 9.59 Å². The first-order valence-electron chi connectivity index (χ1n) is 8.29. The van der Waals surface area contributed by atoms with Gasteiger partial charge in [0.05, 0.1) is 6.54 Å². The maximum absolute atomic E-state index is 13.0. The summed E-state index contributed by atoms with van der Waals surface area (Å²) < 4.78 is 0. The summed E-state index contributed by atoms with van der Waals surface area (Å²) in [6.45, 7) is 0.270. The number of hydrogen-bond acceptors (Lipinski definition) is 3. The largest absolute Gasteiger partial charge is 0.340 e. The first kappa shape index (κ1) is 15.2. The van der Waals surface area contributed by atoms with Crippen LogP contribution in [-0.2, 0) is 9.59 Å². The van der Waals surface area contributed by atoms with E-state index in [-0.39, 0.29) is 24.4 Å². The van der Waals surface area contributed by atoms with Crippen molar-refractivity contribution < 1.29 is 9.59 Å². The summed E-state index contributed by atoms with van der Waals surface area (Å²) in [5.74, 6) is 0.247. The van der Waals surface area contributed by atoms with Crippen molar-refractivity contribution >= 4 is 23.6 Å². The molecule has 3 rings (SSSR count). The number of nitrogens with zero attached hydrogens (tertiary/aromatic N) is 1. The standard InChI is InChI=1S/C16H26N2O2S/c1-21-13-7-5-6-12(10-13)18-11-14(19)17-16(15(18)20)8-3-2-4-9-16/h12-13H,2-11H2,1H3,(H,17,19). The van der Waals surface area contributed by atoms with Gasteiger partial charge in [0.25, 0.3) is 0 Å². The summed E-state index contributed by atoms with van der Waals surface area (Å²) in [6.07, 6.45) is 11.6. The molecular formula is C16H26N2O2S. The number of nitrogens with one attached hydrogen (secondary N) is 1. The zero-order valence-electron chi connectivity index (χ0n) is 12.9. The van der Waals surface area contributed by atoms with Crippen LogP contribution in [0, 0.1) is 0 Å². The molecule has 21 heavy (non-hydrogen) atoms. The van der Waals surface area contributed by atoms with Crippen molar-refractivity contribution in [1.82, 2.24) is 10.2 Å². The lowest BCUT2D eigenvalue weighted by Crippen LogP contribution is -2.69. The summed E-state index contributed by atoms with van der Waals surface area (Å²) in [6, 6.07) is 0.272. The quantitative estimate of drug-likeness (QED) is 0.851. The van der Waals surface area contributed by atoms with E-state index in [0.29, 0.717) is 5.25 Å². The van der Waals surface area contributed by atoms with E-state index in [1.165, 1.54) is 19.3 Å². The van der Waals surface area contributed by atoms with E-state index in [2.05, 4.69) is 11.6 Å². The molecule has 0 radical (unpaired) electrons. The Morgan fingerprint density at radius 3 is 2.62 bits per heavy atom. The average molecular weight is 310 g/mol. The monoisotopic (exact) mass is 310 g/mol. The van der Waals surface area contributed by atoms with Gasteiger partial charge in [0.2, 0.25) is 11.8 Å². The van der Waals surface area contributed by atoms with Crippen molar-refractivity contribution in [2.45, 2.75) is 74.6 Å². The number of carbonyl (C=O) groups excluding carboxylic acids is 2. The molecule has 0 aromatic rings. The molecule has 1 saturated heterocycles. The summed E-state index contributed by atoms with van der Waals surface area (Å²) in [5, 5.41) is 3.68. The van der Waals surface area contributed by atoms with Crippen LogP contribution in [0.4, 0.5) is 0 Å². The fraction of sp³-hybridized carbons (Fsp3) is 0.875. The average Bonchev–Trinajstić information content (AvgIpc) is 2.52. The van der Waals surface area contributed by atoms with Crippen molar-refractivity contribution in [3.05, 3.63) is 0 Å². The molecule has 118 valence electrons. The number of amides is 2. The van der Waals surface area contributed by atoms with Crippen LogP contribution < -0.4 is 5.32 Å². The predicted molar refractivity (Wildman–Crippen MR) is 85.2 cm³/mol. The van der Waals surface area contributed by atoms with Crippen molar-refractivity contribution in [1.29, 1.82) is 0 Å². The molecule has 2 unspecified atom stereocenters. The van der Waals surface area contributed by atoms with Gasteiger partial charge in [-0.15, -0.1) is 0 Å². The number of hydrogen-bond donors (Lipinski definition) is 1. The van der Waals surface area contributed by atoms with Crippen LogP contribution in [0.15, 0.2) is 0 Å². The molecule has 1 aliphatic heterocycles. The van der Waals surface area contributed by atoms with E-state index in [4.69, 9.17) is 0 Å². The minimum absolute atomic E-state index is 0.0442. The molecule has 5 heteroatoms. The molecule has 3 aliphatic rings. The Balaban J connectivity index is 1.77. The highest BCUT2D eigenvalue weighted by Gasteiger charge is 2.49. The van der Waals surface area contributed by atoms with Crippen LogP contribution in [0.1, 0.15) is 57.8 Å². The summed E-state index contributed by atoms with van der Waals surface area (Å²) >= 11 is 1.90.